The molecule has 0 fully saturated rings. The largest absolute Gasteiger partial charge is 0.485 e. The van der Waals surface area contributed by atoms with E-state index in [0.717, 1.165) is 11.3 Å². The Balaban J connectivity index is 1.41. The number of nitrogens with zero attached hydrogens (tertiary/aromatic N) is 2. The Morgan fingerprint density at radius 2 is 1.94 bits per heavy atom. The molecule has 6 nitrogen and oxygen atoms in total. The first-order valence-electron chi connectivity index (χ1n) is 9.65. The molecule has 0 saturated heterocycles. The molecule has 0 spiro atoms. The van der Waals surface area contributed by atoms with Crippen LogP contribution in [0.3, 0.4) is 0 Å². The van der Waals surface area contributed by atoms with Gasteiger partial charge in [-0.3, -0.25) is 9.48 Å². The molecule has 2 aromatic heterocycles. The number of para-hydroxylation sites is 1. The van der Waals surface area contributed by atoms with Crippen LogP contribution in [0.2, 0.25) is 10.0 Å². The number of ether oxygens (including phenoxy) is 1. The van der Waals surface area contributed by atoms with Crippen molar-refractivity contribution in [3.05, 3.63) is 99.3 Å². The molecule has 0 unspecified atom stereocenters. The fourth-order valence-corrected chi connectivity index (χ4v) is 3.44. The number of anilines is 1. The highest BCUT2D eigenvalue weighted by molar-refractivity contribution is 6.33. The van der Waals surface area contributed by atoms with Crippen molar-refractivity contribution in [2.75, 3.05) is 5.32 Å². The number of aromatic nitrogens is 2. The van der Waals surface area contributed by atoms with Crippen LogP contribution >= 0.6 is 23.2 Å². The number of nitrogens with one attached hydrogen (secondary N) is 1. The van der Waals surface area contributed by atoms with Crippen molar-refractivity contribution in [1.29, 1.82) is 0 Å². The quantitative estimate of drug-likeness (QED) is 0.351. The van der Waals surface area contributed by atoms with Crippen LogP contribution in [0.25, 0.3) is 0 Å². The zero-order chi connectivity index (χ0) is 22.7. The number of benzene rings is 2. The predicted molar refractivity (Wildman–Crippen MR) is 120 cm³/mol. The fraction of sp³-hybridized carbons (Fsp3) is 0.130. The van der Waals surface area contributed by atoms with E-state index in [0.29, 0.717) is 5.76 Å². The molecule has 4 aromatic rings. The Labute approximate surface area is 193 Å². The lowest BCUT2D eigenvalue weighted by Gasteiger charge is -2.07. The fourth-order valence-electron chi connectivity index (χ4n) is 3.02. The molecule has 2 heterocycles. The topological polar surface area (TPSA) is 69.3 Å². The van der Waals surface area contributed by atoms with E-state index in [1.165, 1.54) is 29.1 Å². The minimum atomic E-state index is -0.525. The van der Waals surface area contributed by atoms with Gasteiger partial charge in [-0.25, -0.2) is 4.39 Å². The summed E-state index contributed by atoms with van der Waals surface area (Å²) < 4.78 is 26.7. The average molecular weight is 474 g/mol. The molecule has 0 aliphatic carbocycles. The minimum Gasteiger partial charge on any atom is -0.485 e. The molecule has 0 bridgehead atoms. The van der Waals surface area contributed by atoms with Gasteiger partial charge in [0.2, 0.25) is 0 Å². The molecule has 9 heteroatoms. The number of carbonyl (C=O) groups excluding carboxylic acids is 1. The summed E-state index contributed by atoms with van der Waals surface area (Å²) in [4.78, 5) is 12.5. The van der Waals surface area contributed by atoms with Gasteiger partial charge in [-0.15, -0.1) is 0 Å². The third kappa shape index (κ3) is 4.95. The monoisotopic (exact) mass is 473 g/mol. The Morgan fingerprint density at radius 3 is 2.72 bits per heavy atom. The van der Waals surface area contributed by atoms with Gasteiger partial charge in [-0.2, -0.15) is 5.10 Å². The van der Waals surface area contributed by atoms with Gasteiger partial charge in [-0.05, 0) is 42.8 Å². The molecule has 32 heavy (non-hydrogen) atoms. The summed E-state index contributed by atoms with van der Waals surface area (Å²) in [7, 11) is 0. The average Bonchev–Trinajstić information content (AvgIpc) is 3.37. The van der Waals surface area contributed by atoms with Crippen molar-refractivity contribution in [2.45, 2.75) is 20.1 Å². The summed E-state index contributed by atoms with van der Waals surface area (Å²) in [5.74, 6) is 0.453. The van der Waals surface area contributed by atoms with E-state index in [4.69, 9.17) is 32.4 Å². The number of aryl methyl sites for hydroxylation is 1. The normalized spacial score (nSPS) is 10.9. The summed E-state index contributed by atoms with van der Waals surface area (Å²) in [6.45, 7) is 2.18. The SMILES string of the molecule is Cc1ccccc1OCc1ccc(C(=O)Nc2nn(Cc3c(F)cccc3Cl)cc2Cl)o1. The molecule has 1 amide bonds. The van der Waals surface area contributed by atoms with Crippen LogP contribution in [0, 0.1) is 12.7 Å². The van der Waals surface area contributed by atoms with Crippen LogP contribution < -0.4 is 10.1 Å². The van der Waals surface area contributed by atoms with Crippen LogP contribution in [0.1, 0.15) is 27.4 Å². The van der Waals surface area contributed by atoms with Gasteiger partial charge in [-0.1, -0.05) is 47.5 Å². The number of carbonyl (C=O) groups is 1. The van der Waals surface area contributed by atoms with Crippen LogP contribution in [-0.2, 0) is 13.2 Å². The van der Waals surface area contributed by atoms with E-state index in [1.807, 2.05) is 31.2 Å². The van der Waals surface area contributed by atoms with E-state index < -0.39 is 11.7 Å². The molecular weight excluding hydrogens is 456 g/mol. The zero-order valence-electron chi connectivity index (χ0n) is 16.9. The minimum absolute atomic E-state index is 0.0578. The van der Waals surface area contributed by atoms with Gasteiger partial charge >= 0.3 is 0 Å². The standard InChI is InChI=1S/C23H18Cl2FN3O3/c1-14-5-2-3-8-20(14)31-13-15-9-10-21(32-15)23(30)27-22-18(25)12-29(28-22)11-16-17(24)6-4-7-19(16)26/h2-10,12H,11,13H2,1H3,(H,27,28,30). The van der Waals surface area contributed by atoms with Crippen molar-refractivity contribution >= 4 is 34.9 Å². The molecule has 0 atom stereocenters. The summed E-state index contributed by atoms with van der Waals surface area (Å²) in [5, 5.41) is 7.27. The number of furan rings is 1. The van der Waals surface area contributed by atoms with Gasteiger partial charge in [0.1, 0.15) is 29.0 Å². The van der Waals surface area contributed by atoms with Crippen LogP contribution in [0.5, 0.6) is 5.75 Å². The Bertz CT molecular complexity index is 1250. The van der Waals surface area contributed by atoms with Gasteiger partial charge in [0.05, 0.1) is 6.54 Å². The van der Waals surface area contributed by atoms with E-state index in [9.17, 15) is 9.18 Å². The second-order valence-corrected chi connectivity index (χ2v) is 7.81. The summed E-state index contributed by atoms with van der Waals surface area (Å²) in [5.41, 5.74) is 1.27. The van der Waals surface area contributed by atoms with Crippen molar-refractivity contribution in [1.82, 2.24) is 9.78 Å². The summed E-state index contributed by atoms with van der Waals surface area (Å²) in [6, 6.07) is 15.2. The first-order valence-corrected chi connectivity index (χ1v) is 10.4. The van der Waals surface area contributed by atoms with Crippen LogP contribution in [0.4, 0.5) is 10.2 Å². The van der Waals surface area contributed by atoms with Gasteiger partial charge < -0.3 is 14.5 Å². The molecule has 164 valence electrons. The lowest BCUT2D eigenvalue weighted by molar-refractivity contribution is 0.0992. The third-order valence-corrected chi connectivity index (χ3v) is 5.31. The highest BCUT2D eigenvalue weighted by atomic mass is 35.5. The van der Waals surface area contributed by atoms with Crippen molar-refractivity contribution in [3.63, 3.8) is 0 Å². The number of rotatable bonds is 7. The highest BCUT2D eigenvalue weighted by Crippen LogP contribution is 2.24. The molecule has 0 radical (unpaired) electrons. The van der Waals surface area contributed by atoms with Crippen LogP contribution in [-0.4, -0.2) is 15.7 Å². The maximum Gasteiger partial charge on any atom is 0.292 e. The molecule has 1 N–H and O–H groups in total. The van der Waals surface area contributed by atoms with Gasteiger partial charge in [0.15, 0.2) is 11.6 Å². The van der Waals surface area contributed by atoms with Gasteiger partial charge in [0, 0.05) is 16.8 Å². The van der Waals surface area contributed by atoms with E-state index in [2.05, 4.69) is 10.4 Å². The Kier molecular flexibility index (Phi) is 6.48. The Hall–Kier alpha value is -3.29. The van der Waals surface area contributed by atoms with Crippen LogP contribution in [0.15, 0.2) is 65.2 Å². The van der Waals surface area contributed by atoms with Crippen molar-refractivity contribution < 1.29 is 18.3 Å². The van der Waals surface area contributed by atoms with E-state index in [1.54, 1.807) is 12.1 Å². The predicted octanol–water partition coefficient (Wildman–Crippen LogP) is 6.11. The maximum absolute atomic E-state index is 14.0. The number of hydrogen-bond acceptors (Lipinski definition) is 4. The molecular formula is C23H18Cl2FN3O3. The lowest BCUT2D eigenvalue weighted by Crippen LogP contribution is -2.12. The highest BCUT2D eigenvalue weighted by Gasteiger charge is 2.17. The van der Waals surface area contributed by atoms with Crippen molar-refractivity contribution in [2.24, 2.45) is 0 Å². The first-order chi connectivity index (χ1) is 15.4. The smallest absolute Gasteiger partial charge is 0.292 e. The van der Waals surface area contributed by atoms with Gasteiger partial charge in [0.25, 0.3) is 5.91 Å². The number of halogens is 3. The molecule has 0 saturated carbocycles. The molecule has 2 aromatic carbocycles. The number of hydrogen-bond donors (Lipinski definition) is 1. The second kappa shape index (κ2) is 9.46. The Morgan fingerprint density at radius 1 is 1.12 bits per heavy atom. The number of amides is 1. The van der Waals surface area contributed by atoms with E-state index in [-0.39, 0.29) is 40.3 Å². The summed E-state index contributed by atoms with van der Waals surface area (Å²) in [6.07, 6.45) is 1.48. The second-order valence-electron chi connectivity index (χ2n) is 7.00. The van der Waals surface area contributed by atoms with E-state index >= 15 is 0 Å². The first kappa shape index (κ1) is 21.9. The third-order valence-electron chi connectivity index (χ3n) is 4.68. The molecule has 0 aliphatic heterocycles. The maximum atomic E-state index is 14.0. The zero-order valence-corrected chi connectivity index (χ0v) is 18.5. The summed E-state index contributed by atoms with van der Waals surface area (Å²) >= 11 is 12.2. The molecule has 4 rings (SSSR count). The molecule has 0 aliphatic rings. The van der Waals surface area contributed by atoms with Crippen molar-refractivity contribution in [3.8, 4) is 5.75 Å². The lowest BCUT2D eigenvalue weighted by atomic mass is 10.2.